The van der Waals surface area contributed by atoms with Gasteiger partial charge in [0.1, 0.15) is 17.6 Å². The Morgan fingerprint density at radius 1 is 0.977 bits per heavy atom. The maximum Gasteiger partial charge on any atom is 0.259 e. The fourth-order valence-electron chi connectivity index (χ4n) is 4.83. The average Bonchev–Trinajstić information content (AvgIpc) is 3.37. The highest BCUT2D eigenvalue weighted by Gasteiger charge is 2.42. The third-order valence-corrected chi connectivity index (χ3v) is 8.66. The zero-order valence-corrected chi connectivity index (χ0v) is 25.3. The van der Waals surface area contributed by atoms with Crippen LogP contribution in [0.4, 0.5) is 5.69 Å². The van der Waals surface area contributed by atoms with E-state index in [1.807, 2.05) is 86.6 Å². The monoisotopic (exact) mass is 597 g/mol. The first kappa shape index (κ1) is 30.0. The van der Waals surface area contributed by atoms with Crippen molar-refractivity contribution in [3.63, 3.8) is 0 Å². The first-order valence-corrected chi connectivity index (χ1v) is 15.2. The summed E-state index contributed by atoms with van der Waals surface area (Å²) < 4.78 is 5.17. The largest absolute Gasteiger partial charge is 0.497 e. The summed E-state index contributed by atoms with van der Waals surface area (Å²) in [5, 5.41) is 5.90. The third-order valence-electron chi connectivity index (χ3n) is 7.34. The summed E-state index contributed by atoms with van der Waals surface area (Å²) in [4.78, 5) is 50.5. The van der Waals surface area contributed by atoms with Gasteiger partial charge >= 0.3 is 0 Å². The van der Waals surface area contributed by atoms with Crippen molar-refractivity contribution < 1.29 is 19.1 Å². The van der Waals surface area contributed by atoms with Gasteiger partial charge in [-0.2, -0.15) is 0 Å². The molecule has 0 aliphatic carbocycles. The SMILES string of the molecule is CC[C@@H](SC1=Nc2ccccc2C2=N[C@H](CCC(=O)NCc3ccc(OC)cc3)C(=O)N12)C(=O)NCc1ccc(C)cc1. The quantitative estimate of drug-likeness (QED) is 0.327. The van der Waals surface area contributed by atoms with Gasteiger partial charge in [-0.25, -0.2) is 9.89 Å². The summed E-state index contributed by atoms with van der Waals surface area (Å²) in [6.45, 7) is 4.76. The molecule has 3 amide bonds. The number of hydrogen-bond acceptors (Lipinski definition) is 7. The van der Waals surface area contributed by atoms with E-state index in [1.165, 1.54) is 16.7 Å². The van der Waals surface area contributed by atoms with Crippen molar-refractivity contribution in [3.8, 4) is 5.75 Å². The standard InChI is InChI=1S/C33H35N5O4S/c1-4-28(31(40)35-20-22-11-9-21(2)10-12-22)43-33-37-26-8-6-5-7-25(26)30-36-27(32(41)38(30)33)17-18-29(39)34-19-23-13-15-24(42-3)16-14-23/h5-16,27-28H,4,17-20H2,1-3H3,(H,34,39)(H,35,40)/t27-,28-/m1/s1. The number of methoxy groups -OCH3 is 1. The minimum atomic E-state index is -0.714. The zero-order valence-electron chi connectivity index (χ0n) is 24.5. The van der Waals surface area contributed by atoms with E-state index in [-0.39, 0.29) is 30.6 Å². The van der Waals surface area contributed by atoms with E-state index in [0.29, 0.717) is 36.2 Å². The Labute approximate surface area is 255 Å². The summed E-state index contributed by atoms with van der Waals surface area (Å²) in [5.41, 5.74) is 4.58. The number of carbonyl (C=O) groups is 3. The topological polar surface area (TPSA) is 112 Å². The molecule has 0 bridgehead atoms. The van der Waals surface area contributed by atoms with Crippen molar-refractivity contribution in [2.75, 3.05) is 7.11 Å². The van der Waals surface area contributed by atoms with Crippen molar-refractivity contribution in [2.45, 2.75) is 57.5 Å². The highest BCUT2D eigenvalue weighted by Crippen LogP contribution is 2.35. The van der Waals surface area contributed by atoms with Gasteiger partial charge in [0, 0.05) is 25.1 Å². The predicted octanol–water partition coefficient (Wildman–Crippen LogP) is 4.89. The molecule has 3 aromatic rings. The van der Waals surface area contributed by atoms with E-state index in [4.69, 9.17) is 14.7 Å². The van der Waals surface area contributed by atoms with Crippen LogP contribution in [0.2, 0.25) is 0 Å². The van der Waals surface area contributed by atoms with Crippen molar-refractivity contribution in [2.24, 2.45) is 9.98 Å². The van der Waals surface area contributed by atoms with Crippen LogP contribution in [0.15, 0.2) is 82.8 Å². The highest BCUT2D eigenvalue weighted by atomic mass is 32.2. The summed E-state index contributed by atoms with van der Waals surface area (Å²) in [5.74, 6) is 0.741. The Kier molecular flexibility index (Phi) is 9.56. The summed E-state index contributed by atoms with van der Waals surface area (Å²) in [7, 11) is 1.61. The lowest BCUT2D eigenvalue weighted by molar-refractivity contribution is -0.125. The van der Waals surface area contributed by atoms with Gasteiger partial charge in [-0.15, -0.1) is 0 Å². The second-order valence-corrected chi connectivity index (χ2v) is 11.6. The Morgan fingerprint density at radius 2 is 1.65 bits per heavy atom. The molecular weight excluding hydrogens is 562 g/mol. The number of nitrogens with one attached hydrogen (secondary N) is 2. The van der Waals surface area contributed by atoms with E-state index in [2.05, 4.69) is 10.6 Å². The lowest BCUT2D eigenvalue weighted by Gasteiger charge is -2.27. The number of amides is 3. The molecule has 3 aromatic carbocycles. The lowest BCUT2D eigenvalue weighted by Crippen LogP contribution is -2.43. The van der Waals surface area contributed by atoms with Gasteiger partial charge in [0.25, 0.3) is 5.91 Å². The Bertz CT molecular complexity index is 1550. The molecule has 9 nitrogen and oxygen atoms in total. The van der Waals surface area contributed by atoms with Crippen molar-refractivity contribution >= 4 is 46.2 Å². The molecule has 0 aromatic heterocycles. The highest BCUT2D eigenvalue weighted by molar-refractivity contribution is 8.15. The molecule has 0 unspecified atom stereocenters. The Balaban J connectivity index is 1.24. The van der Waals surface area contributed by atoms with Gasteiger partial charge in [0.2, 0.25) is 11.8 Å². The second-order valence-electron chi connectivity index (χ2n) is 10.4. The first-order chi connectivity index (χ1) is 20.9. The van der Waals surface area contributed by atoms with E-state index in [1.54, 1.807) is 7.11 Å². The van der Waals surface area contributed by atoms with Crippen LogP contribution in [0.5, 0.6) is 5.75 Å². The smallest absolute Gasteiger partial charge is 0.259 e. The fraction of sp³-hybridized carbons (Fsp3) is 0.303. The normalized spacial score (nSPS) is 16.0. The number of benzene rings is 3. The molecule has 0 saturated heterocycles. The van der Waals surface area contributed by atoms with Crippen LogP contribution in [0.25, 0.3) is 0 Å². The number of thioether (sulfide) groups is 1. The summed E-state index contributed by atoms with van der Waals surface area (Å²) in [6.07, 6.45) is 0.969. The lowest BCUT2D eigenvalue weighted by atomic mass is 10.1. The summed E-state index contributed by atoms with van der Waals surface area (Å²) >= 11 is 1.26. The molecule has 0 spiro atoms. The molecule has 2 aliphatic rings. The minimum Gasteiger partial charge on any atom is -0.497 e. The molecular formula is C33H35N5O4S. The van der Waals surface area contributed by atoms with Crippen LogP contribution in [0.1, 0.15) is 48.4 Å². The van der Waals surface area contributed by atoms with Crippen molar-refractivity contribution in [1.82, 2.24) is 15.5 Å². The number of amidine groups is 2. The number of ether oxygens (including phenoxy) is 1. The van der Waals surface area contributed by atoms with E-state index < -0.39 is 11.3 Å². The van der Waals surface area contributed by atoms with Crippen LogP contribution in [0.3, 0.4) is 0 Å². The number of hydrogen-bond donors (Lipinski definition) is 2. The van der Waals surface area contributed by atoms with Crippen LogP contribution < -0.4 is 15.4 Å². The fourth-order valence-corrected chi connectivity index (χ4v) is 5.87. The molecule has 2 aliphatic heterocycles. The van der Waals surface area contributed by atoms with E-state index in [9.17, 15) is 14.4 Å². The number of aryl methyl sites for hydroxylation is 1. The zero-order chi connectivity index (χ0) is 30.3. The second kappa shape index (κ2) is 13.7. The van der Waals surface area contributed by atoms with Crippen molar-refractivity contribution in [1.29, 1.82) is 0 Å². The van der Waals surface area contributed by atoms with Crippen LogP contribution in [-0.2, 0) is 27.5 Å². The number of aliphatic imine (C=N–C) groups is 2. The number of carbonyl (C=O) groups excluding carboxylic acids is 3. The molecule has 2 atom stereocenters. The Hall–Kier alpha value is -4.44. The van der Waals surface area contributed by atoms with Crippen LogP contribution >= 0.6 is 11.8 Å². The molecule has 2 N–H and O–H groups in total. The van der Waals surface area contributed by atoms with E-state index >= 15 is 0 Å². The van der Waals surface area contributed by atoms with Crippen molar-refractivity contribution in [3.05, 3.63) is 95.1 Å². The molecule has 10 heteroatoms. The summed E-state index contributed by atoms with van der Waals surface area (Å²) in [6, 6.07) is 22.3. The molecule has 0 fully saturated rings. The number of nitrogens with zero attached hydrogens (tertiary/aromatic N) is 3. The number of fused-ring (bicyclic) bond motifs is 3. The molecule has 5 rings (SSSR count). The van der Waals surface area contributed by atoms with Gasteiger partial charge in [0.15, 0.2) is 5.17 Å². The number of rotatable bonds is 11. The molecule has 0 saturated carbocycles. The van der Waals surface area contributed by atoms with Gasteiger partial charge in [-0.1, -0.05) is 72.8 Å². The van der Waals surface area contributed by atoms with Crippen LogP contribution in [0, 0.1) is 6.92 Å². The van der Waals surface area contributed by atoms with Gasteiger partial charge in [-0.3, -0.25) is 19.4 Å². The number of para-hydroxylation sites is 1. The van der Waals surface area contributed by atoms with Gasteiger partial charge in [-0.05, 0) is 55.2 Å². The minimum absolute atomic E-state index is 0.121. The molecule has 2 heterocycles. The molecule has 222 valence electrons. The predicted molar refractivity (Wildman–Crippen MR) is 169 cm³/mol. The maximum absolute atomic E-state index is 13.7. The maximum atomic E-state index is 13.7. The third kappa shape index (κ3) is 7.14. The Morgan fingerprint density at radius 3 is 2.35 bits per heavy atom. The van der Waals surface area contributed by atoms with E-state index in [0.717, 1.165) is 28.0 Å². The van der Waals surface area contributed by atoms with Crippen LogP contribution in [-0.4, -0.2) is 52.0 Å². The first-order valence-electron chi connectivity index (χ1n) is 14.4. The van der Waals surface area contributed by atoms with Gasteiger partial charge < -0.3 is 15.4 Å². The van der Waals surface area contributed by atoms with Gasteiger partial charge in [0.05, 0.1) is 18.0 Å². The average molecular weight is 598 g/mol. The molecule has 0 radical (unpaired) electrons. The molecule has 43 heavy (non-hydrogen) atoms.